The third-order valence-corrected chi connectivity index (χ3v) is 2.27. The Hall–Kier alpha value is -1.48. The molecule has 1 atom stereocenters. The first-order valence-electron chi connectivity index (χ1n) is 5.49. The summed E-state index contributed by atoms with van der Waals surface area (Å²) in [6, 6.07) is 7.63. The third-order valence-electron chi connectivity index (χ3n) is 2.27. The highest BCUT2D eigenvalue weighted by atomic mass is 16.6. The average molecular weight is 221 g/mol. The summed E-state index contributed by atoms with van der Waals surface area (Å²) in [6.07, 6.45) is 3.96. The quantitative estimate of drug-likeness (QED) is 0.567. The summed E-state index contributed by atoms with van der Waals surface area (Å²) in [4.78, 5) is 5.43. The van der Waals surface area contributed by atoms with Gasteiger partial charge in [-0.25, -0.2) is 0 Å². The minimum Gasteiger partial charge on any atom is -0.497 e. The van der Waals surface area contributed by atoms with Crippen molar-refractivity contribution in [1.29, 1.82) is 0 Å². The van der Waals surface area contributed by atoms with E-state index in [2.05, 4.69) is 19.0 Å². The number of rotatable bonds is 7. The Bertz CT molecular complexity index is 308. The van der Waals surface area contributed by atoms with Crippen molar-refractivity contribution in [2.45, 2.75) is 25.8 Å². The van der Waals surface area contributed by atoms with E-state index >= 15 is 0 Å². The van der Waals surface area contributed by atoms with Crippen LogP contribution in [0.15, 0.2) is 36.9 Å². The molecule has 0 aliphatic carbocycles. The maximum Gasteiger partial charge on any atom is 0.147 e. The fourth-order valence-corrected chi connectivity index (χ4v) is 1.32. The van der Waals surface area contributed by atoms with Crippen LogP contribution in [0.2, 0.25) is 0 Å². The molecule has 0 bridgehead atoms. The fraction of sp³-hybridized carbons (Fsp3) is 0.385. The Morgan fingerprint density at radius 1 is 1.31 bits per heavy atom. The van der Waals surface area contributed by atoms with Crippen molar-refractivity contribution < 1.29 is 9.57 Å². The van der Waals surface area contributed by atoms with Gasteiger partial charge in [-0.3, -0.25) is 0 Å². The molecule has 16 heavy (non-hydrogen) atoms. The van der Waals surface area contributed by atoms with Crippen LogP contribution in [0, 0.1) is 0 Å². The monoisotopic (exact) mass is 221 g/mol. The zero-order chi connectivity index (χ0) is 11.8. The second-order valence-electron chi connectivity index (χ2n) is 3.53. The Labute approximate surface area is 97.0 Å². The smallest absolute Gasteiger partial charge is 0.147 e. The lowest BCUT2D eigenvalue weighted by Crippen LogP contribution is -2.29. The molecule has 1 aromatic carbocycles. The number of hydrogen-bond acceptors (Lipinski definition) is 3. The minimum atomic E-state index is 0.187. The summed E-state index contributed by atoms with van der Waals surface area (Å²) in [7, 11) is 1.64. The summed E-state index contributed by atoms with van der Waals surface area (Å²) < 4.78 is 5.06. The lowest BCUT2D eigenvalue weighted by Gasteiger charge is -2.14. The van der Waals surface area contributed by atoms with Crippen LogP contribution in [0.5, 0.6) is 11.5 Å². The standard InChI is InChI=1S/C13H19NO2/c1-4-6-11(5-2)14-16-13-9-7-12(15-3)8-10-13/h5,7-11,14H,2,4,6H2,1,3H3/t11-/m1/s1. The number of ether oxygens (including phenoxy) is 1. The number of hydroxylamine groups is 1. The molecule has 0 heterocycles. The van der Waals surface area contributed by atoms with Crippen molar-refractivity contribution in [3.8, 4) is 11.5 Å². The third kappa shape index (κ3) is 3.95. The highest BCUT2D eigenvalue weighted by Gasteiger charge is 2.02. The average Bonchev–Trinajstić information content (AvgIpc) is 2.35. The molecule has 0 unspecified atom stereocenters. The van der Waals surface area contributed by atoms with Crippen molar-refractivity contribution in [3.05, 3.63) is 36.9 Å². The van der Waals surface area contributed by atoms with E-state index in [1.54, 1.807) is 7.11 Å². The van der Waals surface area contributed by atoms with Gasteiger partial charge in [-0.2, -0.15) is 0 Å². The summed E-state index contributed by atoms with van der Waals surface area (Å²) in [5.41, 5.74) is 2.97. The first kappa shape index (κ1) is 12.6. The van der Waals surface area contributed by atoms with Gasteiger partial charge < -0.3 is 9.57 Å². The van der Waals surface area contributed by atoms with Gasteiger partial charge in [0.2, 0.25) is 0 Å². The predicted molar refractivity (Wildman–Crippen MR) is 65.7 cm³/mol. The molecule has 1 rings (SSSR count). The van der Waals surface area contributed by atoms with Crippen molar-refractivity contribution in [2.24, 2.45) is 0 Å². The van der Waals surface area contributed by atoms with Gasteiger partial charge in [0.25, 0.3) is 0 Å². The van der Waals surface area contributed by atoms with Crippen molar-refractivity contribution >= 4 is 0 Å². The molecule has 3 nitrogen and oxygen atoms in total. The largest absolute Gasteiger partial charge is 0.497 e. The van der Waals surface area contributed by atoms with E-state index in [9.17, 15) is 0 Å². The Balaban J connectivity index is 2.43. The zero-order valence-corrected chi connectivity index (χ0v) is 9.90. The van der Waals surface area contributed by atoms with E-state index in [1.807, 2.05) is 30.3 Å². The molecule has 0 fully saturated rings. The van der Waals surface area contributed by atoms with Crippen LogP contribution in [0.25, 0.3) is 0 Å². The van der Waals surface area contributed by atoms with E-state index in [4.69, 9.17) is 9.57 Å². The zero-order valence-electron chi connectivity index (χ0n) is 9.90. The molecule has 88 valence electrons. The molecule has 0 aliphatic heterocycles. The van der Waals surface area contributed by atoms with E-state index in [1.165, 1.54) is 0 Å². The van der Waals surface area contributed by atoms with Gasteiger partial charge in [0.15, 0.2) is 0 Å². The van der Waals surface area contributed by atoms with Crippen LogP contribution in [-0.2, 0) is 0 Å². The lowest BCUT2D eigenvalue weighted by atomic mass is 10.2. The maximum atomic E-state index is 5.43. The van der Waals surface area contributed by atoms with Gasteiger partial charge in [0.05, 0.1) is 13.2 Å². The van der Waals surface area contributed by atoms with Crippen LogP contribution >= 0.6 is 0 Å². The van der Waals surface area contributed by atoms with Gasteiger partial charge in [-0.05, 0) is 30.7 Å². The number of methoxy groups -OCH3 is 1. The molecule has 1 aromatic rings. The van der Waals surface area contributed by atoms with Crippen molar-refractivity contribution in [1.82, 2.24) is 5.48 Å². The van der Waals surface area contributed by atoms with Gasteiger partial charge in [-0.15, -0.1) is 12.1 Å². The molecule has 0 radical (unpaired) electrons. The number of hydrogen-bond donors (Lipinski definition) is 1. The first-order valence-corrected chi connectivity index (χ1v) is 5.49. The van der Waals surface area contributed by atoms with E-state index in [0.29, 0.717) is 0 Å². The molecule has 0 aromatic heterocycles. The van der Waals surface area contributed by atoms with Gasteiger partial charge in [0, 0.05) is 0 Å². The first-order chi connectivity index (χ1) is 7.80. The molecular weight excluding hydrogens is 202 g/mol. The second kappa shape index (κ2) is 6.90. The molecule has 0 saturated carbocycles. The van der Waals surface area contributed by atoms with Crippen LogP contribution < -0.4 is 15.1 Å². The van der Waals surface area contributed by atoms with Crippen molar-refractivity contribution in [3.63, 3.8) is 0 Å². The van der Waals surface area contributed by atoms with E-state index in [-0.39, 0.29) is 6.04 Å². The van der Waals surface area contributed by atoms with Crippen LogP contribution in [0.3, 0.4) is 0 Å². The van der Waals surface area contributed by atoms with E-state index < -0.39 is 0 Å². The Morgan fingerprint density at radius 2 is 1.94 bits per heavy atom. The van der Waals surface area contributed by atoms with Crippen LogP contribution in [0.4, 0.5) is 0 Å². The number of nitrogens with one attached hydrogen (secondary N) is 1. The topological polar surface area (TPSA) is 30.5 Å². The lowest BCUT2D eigenvalue weighted by molar-refractivity contribution is 0.168. The highest BCUT2D eigenvalue weighted by Crippen LogP contribution is 2.16. The normalized spacial score (nSPS) is 11.9. The molecule has 0 aliphatic rings. The van der Waals surface area contributed by atoms with Gasteiger partial charge in [-0.1, -0.05) is 19.4 Å². The highest BCUT2D eigenvalue weighted by molar-refractivity contribution is 5.30. The minimum absolute atomic E-state index is 0.187. The summed E-state index contributed by atoms with van der Waals surface area (Å²) >= 11 is 0. The summed E-state index contributed by atoms with van der Waals surface area (Å²) in [6.45, 7) is 5.89. The second-order valence-corrected chi connectivity index (χ2v) is 3.53. The Kier molecular flexibility index (Phi) is 5.43. The summed E-state index contributed by atoms with van der Waals surface area (Å²) in [5.74, 6) is 1.59. The molecular formula is C13H19NO2. The van der Waals surface area contributed by atoms with Crippen LogP contribution in [0.1, 0.15) is 19.8 Å². The van der Waals surface area contributed by atoms with Crippen molar-refractivity contribution in [2.75, 3.05) is 7.11 Å². The molecule has 0 spiro atoms. The molecule has 0 saturated heterocycles. The van der Waals surface area contributed by atoms with Crippen LogP contribution in [-0.4, -0.2) is 13.2 Å². The predicted octanol–water partition coefficient (Wildman–Crippen LogP) is 2.93. The maximum absolute atomic E-state index is 5.43. The molecule has 1 N–H and O–H groups in total. The summed E-state index contributed by atoms with van der Waals surface area (Å²) in [5, 5.41) is 0. The fourth-order valence-electron chi connectivity index (χ4n) is 1.32. The van der Waals surface area contributed by atoms with Gasteiger partial charge in [0.1, 0.15) is 11.5 Å². The Morgan fingerprint density at radius 3 is 2.44 bits per heavy atom. The molecule has 3 heteroatoms. The number of benzene rings is 1. The van der Waals surface area contributed by atoms with E-state index in [0.717, 1.165) is 24.3 Å². The van der Waals surface area contributed by atoms with Gasteiger partial charge >= 0.3 is 0 Å². The molecule has 0 amide bonds. The SMILES string of the molecule is C=C[C@H](CCC)NOc1ccc(OC)cc1.